The molecule has 0 spiro atoms. The van der Waals surface area contributed by atoms with Gasteiger partial charge in [0.1, 0.15) is 12.4 Å². The summed E-state index contributed by atoms with van der Waals surface area (Å²) in [6.45, 7) is 6.29. The highest BCUT2D eigenvalue weighted by Crippen LogP contribution is 2.24. The number of hydrogen-bond acceptors (Lipinski definition) is 9. The topological polar surface area (TPSA) is 126 Å². The van der Waals surface area contributed by atoms with E-state index in [1.165, 1.54) is 11.8 Å². The van der Waals surface area contributed by atoms with Crippen molar-refractivity contribution in [1.82, 2.24) is 15.0 Å². The Labute approximate surface area is 192 Å². The highest BCUT2D eigenvalue weighted by atomic mass is 35.5. The average molecular weight is 490 g/mol. The number of anilines is 2. The second kappa shape index (κ2) is 11.7. The molecule has 0 saturated heterocycles. The minimum Gasteiger partial charge on any atom is -0.492 e. The lowest BCUT2D eigenvalue weighted by Crippen LogP contribution is -2.27. The number of nitrogens with one attached hydrogen (secondary N) is 2. The van der Waals surface area contributed by atoms with E-state index < -0.39 is 10.0 Å². The van der Waals surface area contributed by atoms with E-state index >= 15 is 0 Å². The first-order valence-corrected chi connectivity index (χ1v) is 12.8. The maximum Gasteiger partial charge on any atom is 0.242 e. The van der Waals surface area contributed by atoms with Crippen molar-refractivity contribution in [2.24, 2.45) is 5.92 Å². The lowest BCUT2D eigenvalue weighted by molar-refractivity contribution is 0.259. The Bertz CT molecular complexity index is 945. The van der Waals surface area contributed by atoms with Crippen molar-refractivity contribution in [2.75, 3.05) is 29.5 Å². The van der Waals surface area contributed by atoms with Gasteiger partial charge in [-0.3, -0.25) is 4.72 Å². The monoisotopic (exact) mass is 489 g/mol. The van der Waals surface area contributed by atoms with Crippen LogP contribution >= 0.6 is 23.4 Å². The normalized spacial score (nSPS) is 13.6. The van der Waals surface area contributed by atoms with Crippen molar-refractivity contribution in [3.63, 3.8) is 0 Å². The first-order chi connectivity index (χ1) is 14.5. The van der Waals surface area contributed by atoms with Gasteiger partial charge in [0.25, 0.3) is 0 Å². The van der Waals surface area contributed by atoms with Gasteiger partial charge >= 0.3 is 0 Å². The summed E-state index contributed by atoms with van der Waals surface area (Å²) in [5, 5.41) is 13.6. The molecule has 3 N–H and O–H groups in total. The zero-order chi connectivity index (χ0) is 23.0. The number of ether oxygens (including phenoxy) is 1. The predicted molar refractivity (Wildman–Crippen MR) is 125 cm³/mol. The predicted octanol–water partition coefficient (Wildman–Crippen LogP) is 3.28. The molecule has 2 rings (SSSR count). The van der Waals surface area contributed by atoms with Gasteiger partial charge in [0, 0.05) is 10.3 Å². The Morgan fingerprint density at radius 1 is 1.13 bits per heavy atom. The second-order valence-corrected chi connectivity index (χ2v) is 11.1. The molecule has 0 aliphatic heterocycles. The Morgan fingerprint density at radius 3 is 2.35 bits per heavy atom. The summed E-state index contributed by atoms with van der Waals surface area (Å²) >= 11 is 7.20. The number of aromatic nitrogens is 3. The van der Waals surface area contributed by atoms with E-state index in [-0.39, 0.29) is 29.8 Å². The van der Waals surface area contributed by atoms with E-state index in [1.807, 2.05) is 20.8 Å². The van der Waals surface area contributed by atoms with Crippen LogP contribution in [0.5, 0.6) is 5.75 Å². The van der Waals surface area contributed by atoms with Crippen LogP contribution in [0.3, 0.4) is 0 Å². The molecule has 31 heavy (non-hydrogen) atoms. The van der Waals surface area contributed by atoms with Gasteiger partial charge < -0.3 is 15.2 Å². The van der Waals surface area contributed by atoms with Gasteiger partial charge in [-0.25, -0.2) is 8.42 Å². The van der Waals surface area contributed by atoms with Crippen molar-refractivity contribution in [3.05, 3.63) is 29.3 Å². The number of aliphatic hydroxyl groups is 1. The van der Waals surface area contributed by atoms with Crippen LogP contribution in [0.1, 0.15) is 27.2 Å². The van der Waals surface area contributed by atoms with Crippen LogP contribution in [0.15, 0.2) is 29.4 Å². The number of sulfonamides is 1. The molecule has 0 radical (unpaired) electrons. The summed E-state index contributed by atoms with van der Waals surface area (Å²) in [4.78, 5) is 12.7. The third-order valence-corrected chi connectivity index (χ3v) is 5.54. The highest BCUT2D eigenvalue weighted by molar-refractivity contribution is 7.99. The van der Waals surface area contributed by atoms with Crippen LogP contribution in [-0.4, -0.2) is 59.2 Å². The molecular formula is C19H28ClN5O4S2. The zero-order valence-corrected chi connectivity index (χ0v) is 20.3. The van der Waals surface area contributed by atoms with Crippen molar-refractivity contribution in [1.29, 1.82) is 0 Å². The number of halogens is 1. The molecule has 2 aromatic rings. The van der Waals surface area contributed by atoms with Crippen LogP contribution in [0.4, 0.5) is 11.9 Å². The number of nitrogens with zero attached hydrogens (tertiary/aromatic N) is 3. The van der Waals surface area contributed by atoms with E-state index in [0.29, 0.717) is 34.9 Å². The number of thioether (sulfide) groups is 1. The first-order valence-electron chi connectivity index (χ1n) is 9.70. The molecule has 0 saturated carbocycles. The molecule has 9 nitrogen and oxygen atoms in total. The molecule has 1 aromatic heterocycles. The molecule has 2 atom stereocenters. The van der Waals surface area contributed by atoms with Crippen LogP contribution < -0.4 is 14.8 Å². The molecule has 0 fully saturated rings. The lowest BCUT2D eigenvalue weighted by atomic mass is 10.0. The summed E-state index contributed by atoms with van der Waals surface area (Å²) in [6, 6.07) is 6.79. The Hall–Kier alpha value is -1.82. The van der Waals surface area contributed by atoms with E-state index in [9.17, 15) is 13.5 Å². The molecule has 1 aromatic carbocycles. The third kappa shape index (κ3) is 9.90. The molecule has 0 bridgehead atoms. The lowest BCUT2D eigenvalue weighted by Gasteiger charge is -2.19. The summed E-state index contributed by atoms with van der Waals surface area (Å²) in [6.07, 6.45) is 1.72. The third-order valence-electron chi connectivity index (χ3n) is 3.81. The Balaban J connectivity index is 2.13. The molecule has 172 valence electrons. The van der Waals surface area contributed by atoms with Gasteiger partial charge in [-0.1, -0.05) is 37.2 Å². The van der Waals surface area contributed by atoms with Crippen molar-refractivity contribution < 1.29 is 18.3 Å². The zero-order valence-electron chi connectivity index (χ0n) is 17.9. The smallest absolute Gasteiger partial charge is 0.242 e. The van der Waals surface area contributed by atoms with E-state index in [1.54, 1.807) is 24.3 Å². The van der Waals surface area contributed by atoms with Gasteiger partial charge in [0.15, 0.2) is 5.16 Å². The molecule has 1 unspecified atom stereocenters. The number of hydrogen-bond donors (Lipinski definition) is 3. The minimum absolute atomic E-state index is 0.0404. The maximum atomic E-state index is 11.6. The van der Waals surface area contributed by atoms with Crippen LogP contribution in [0.2, 0.25) is 5.02 Å². The molecule has 1 heterocycles. The summed E-state index contributed by atoms with van der Waals surface area (Å²) in [7, 11) is -3.57. The van der Waals surface area contributed by atoms with E-state index in [4.69, 9.17) is 16.3 Å². The van der Waals surface area contributed by atoms with Crippen molar-refractivity contribution in [3.8, 4) is 5.75 Å². The Kier molecular flexibility index (Phi) is 9.60. The van der Waals surface area contributed by atoms with Gasteiger partial charge in [0.2, 0.25) is 21.9 Å². The van der Waals surface area contributed by atoms with E-state index in [2.05, 4.69) is 25.0 Å². The SMILES string of the molecule is CC(C)C[C@H](CO)Nc1nc(NS(C)(=O)=O)nc(SC(C)COc2ccc(Cl)cc2)n1. The minimum atomic E-state index is -3.57. The van der Waals surface area contributed by atoms with Crippen LogP contribution in [0, 0.1) is 5.92 Å². The largest absolute Gasteiger partial charge is 0.492 e. The van der Waals surface area contributed by atoms with Crippen LogP contribution in [0.25, 0.3) is 0 Å². The first kappa shape index (κ1) is 25.4. The van der Waals surface area contributed by atoms with Gasteiger partial charge in [0.05, 0.1) is 18.9 Å². The van der Waals surface area contributed by atoms with Crippen molar-refractivity contribution >= 4 is 45.3 Å². The number of benzene rings is 1. The van der Waals surface area contributed by atoms with Crippen LogP contribution in [-0.2, 0) is 10.0 Å². The molecule has 0 aliphatic carbocycles. The summed E-state index contributed by atoms with van der Waals surface area (Å²) in [5.41, 5.74) is 0. The number of rotatable bonds is 12. The fraction of sp³-hybridized carbons (Fsp3) is 0.526. The molecular weight excluding hydrogens is 462 g/mol. The van der Waals surface area contributed by atoms with Crippen molar-refractivity contribution in [2.45, 2.75) is 43.6 Å². The maximum absolute atomic E-state index is 11.6. The van der Waals surface area contributed by atoms with Gasteiger partial charge in [-0.05, 0) is 43.5 Å². The second-order valence-electron chi connectivity index (χ2n) is 7.49. The standard InChI is InChI=1S/C19H28ClN5O4S2/c1-12(2)9-15(10-26)21-17-22-18(25-31(4,27)28)24-19(23-17)30-13(3)11-29-16-7-5-14(20)6-8-16/h5-8,12-13,15,26H,9-11H2,1-4H3,(H2,21,22,23,24,25)/t13?,15-/m1/s1. The fourth-order valence-corrected chi connectivity index (χ4v) is 3.90. The highest BCUT2D eigenvalue weighted by Gasteiger charge is 2.17. The summed E-state index contributed by atoms with van der Waals surface area (Å²) < 4.78 is 31.3. The van der Waals surface area contributed by atoms with E-state index in [0.717, 1.165) is 6.26 Å². The van der Waals surface area contributed by atoms with Gasteiger partial charge in [-0.15, -0.1) is 0 Å². The fourth-order valence-electron chi connectivity index (χ4n) is 2.57. The average Bonchev–Trinajstić information content (AvgIpc) is 2.65. The molecule has 0 aliphatic rings. The quantitative estimate of drug-likeness (QED) is 0.385. The Morgan fingerprint density at radius 2 is 1.77 bits per heavy atom. The molecule has 0 amide bonds. The number of aliphatic hydroxyl groups excluding tert-OH is 1. The summed E-state index contributed by atoms with van der Waals surface area (Å²) in [5.74, 6) is 1.14. The molecule has 12 heteroatoms. The van der Waals surface area contributed by atoms with Gasteiger partial charge in [-0.2, -0.15) is 15.0 Å².